The highest BCUT2D eigenvalue weighted by molar-refractivity contribution is 7.90. The van der Waals surface area contributed by atoms with Crippen LogP contribution in [0.25, 0.3) is 0 Å². The Kier molecular flexibility index (Phi) is 3.84. The van der Waals surface area contributed by atoms with Crippen molar-refractivity contribution in [3.63, 3.8) is 0 Å². The Bertz CT molecular complexity index is 418. The molecule has 0 radical (unpaired) electrons. The summed E-state index contributed by atoms with van der Waals surface area (Å²) in [5.74, 6) is 1.16. The van der Waals surface area contributed by atoms with E-state index >= 15 is 0 Å². The van der Waals surface area contributed by atoms with Crippen molar-refractivity contribution in [1.82, 2.24) is 9.97 Å². The van der Waals surface area contributed by atoms with Crippen LogP contribution in [0.4, 0.5) is 11.6 Å². The number of rotatable bonds is 5. The van der Waals surface area contributed by atoms with Gasteiger partial charge in [0, 0.05) is 18.9 Å². The molecule has 1 aromatic rings. The third-order valence-corrected chi connectivity index (χ3v) is 2.72. The van der Waals surface area contributed by atoms with Crippen LogP contribution in [0.3, 0.4) is 0 Å². The summed E-state index contributed by atoms with van der Waals surface area (Å²) < 4.78 is 21.6. The average Bonchev–Trinajstić information content (AvgIpc) is 2.11. The van der Waals surface area contributed by atoms with Crippen LogP contribution >= 0.6 is 0 Å². The summed E-state index contributed by atoms with van der Waals surface area (Å²) in [7, 11) is -2.88. The Morgan fingerprint density at radius 1 is 1.47 bits per heavy atom. The van der Waals surface area contributed by atoms with Crippen molar-refractivity contribution in [3.05, 3.63) is 12.4 Å². The van der Waals surface area contributed by atoms with Gasteiger partial charge in [0.25, 0.3) is 0 Å². The molecule has 0 aromatic carbocycles. The predicted molar refractivity (Wildman–Crippen MR) is 59.3 cm³/mol. The van der Waals surface area contributed by atoms with Crippen LogP contribution in [0, 0.1) is 0 Å². The van der Waals surface area contributed by atoms with Gasteiger partial charge in [-0.05, 0) is 6.42 Å². The molecule has 84 valence electrons. The maximum absolute atomic E-state index is 10.8. The maximum Gasteiger partial charge on any atom is 0.147 e. The fourth-order valence-electron chi connectivity index (χ4n) is 1.02. The van der Waals surface area contributed by atoms with Crippen molar-refractivity contribution in [2.24, 2.45) is 0 Å². The summed E-state index contributed by atoms with van der Waals surface area (Å²) in [5.41, 5.74) is 5.45. The molecule has 0 saturated carbocycles. The first kappa shape index (κ1) is 11.7. The summed E-state index contributed by atoms with van der Waals surface area (Å²) in [6.45, 7) is 0.545. The summed E-state index contributed by atoms with van der Waals surface area (Å²) >= 11 is 0. The van der Waals surface area contributed by atoms with Gasteiger partial charge in [-0.3, -0.25) is 0 Å². The highest BCUT2D eigenvalue weighted by Crippen LogP contribution is 2.04. The lowest BCUT2D eigenvalue weighted by atomic mass is 10.4. The minimum Gasteiger partial charge on any atom is -0.384 e. The number of hydrogen-bond acceptors (Lipinski definition) is 6. The number of aromatic nitrogens is 2. The van der Waals surface area contributed by atoms with Gasteiger partial charge < -0.3 is 11.1 Å². The fraction of sp³-hybridized carbons (Fsp3) is 0.500. The highest BCUT2D eigenvalue weighted by Gasteiger charge is 2.01. The Hall–Kier alpha value is -1.37. The number of hydrogen-bond donors (Lipinski definition) is 2. The zero-order chi connectivity index (χ0) is 11.3. The third-order valence-electron chi connectivity index (χ3n) is 1.69. The first-order valence-corrected chi connectivity index (χ1v) is 6.52. The van der Waals surface area contributed by atoms with E-state index in [-0.39, 0.29) is 5.75 Å². The summed E-state index contributed by atoms with van der Waals surface area (Å²) in [6.07, 6.45) is 3.12. The van der Waals surface area contributed by atoms with Gasteiger partial charge >= 0.3 is 0 Å². The lowest BCUT2D eigenvalue weighted by molar-refractivity contribution is 0.600. The van der Waals surface area contributed by atoms with E-state index in [1.165, 1.54) is 12.6 Å². The van der Waals surface area contributed by atoms with E-state index in [1.54, 1.807) is 6.07 Å². The second kappa shape index (κ2) is 4.92. The van der Waals surface area contributed by atoms with Gasteiger partial charge in [-0.1, -0.05) is 0 Å². The van der Waals surface area contributed by atoms with Crippen LogP contribution < -0.4 is 11.1 Å². The van der Waals surface area contributed by atoms with E-state index in [0.717, 1.165) is 0 Å². The predicted octanol–water partition coefficient (Wildman–Crippen LogP) is -0.0946. The molecule has 1 aromatic heterocycles. The zero-order valence-electron chi connectivity index (χ0n) is 8.47. The van der Waals surface area contributed by atoms with Crippen LogP contribution in [-0.4, -0.2) is 36.9 Å². The summed E-state index contributed by atoms with van der Waals surface area (Å²) in [5, 5.41) is 2.96. The highest BCUT2D eigenvalue weighted by atomic mass is 32.2. The van der Waals surface area contributed by atoms with Crippen molar-refractivity contribution in [2.75, 3.05) is 29.6 Å². The van der Waals surface area contributed by atoms with Crippen molar-refractivity contribution < 1.29 is 8.42 Å². The second-order valence-corrected chi connectivity index (χ2v) is 5.50. The number of nitrogens with zero attached hydrogens (tertiary/aromatic N) is 2. The molecule has 15 heavy (non-hydrogen) atoms. The largest absolute Gasteiger partial charge is 0.384 e. The van der Waals surface area contributed by atoms with Gasteiger partial charge in [0.2, 0.25) is 0 Å². The smallest absolute Gasteiger partial charge is 0.147 e. The van der Waals surface area contributed by atoms with Crippen molar-refractivity contribution in [1.29, 1.82) is 0 Å². The Morgan fingerprint density at radius 2 is 2.20 bits per heavy atom. The molecule has 0 atom stereocenters. The zero-order valence-corrected chi connectivity index (χ0v) is 9.29. The standard InChI is InChI=1S/C8H14N4O2S/c1-15(13,14)4-2-3-10-8-5-7(9)11-6-12-8/h5-6H,2-4H2,1H3,(H3,9,10,11,12). The lowest BCUT2D eigenvalue weighted by Gasteiger charge is -2.04. The number of sulfone groups is 1. The Balaban J connectivity index is 2.32. The van der Waals surface area contributed by atoms with E-state index in [0.29, 0.717) is 24.6 Å². The van der Waals surface area contributed by atoms with Gasteiger partial charge in [0.1, 0.15) is 27.8 Å². The number of anilines is 2. The molecule has 0 unspecified atom stereocenters. The monoisotopic (exact) mass is 230 g/mol. The minimum atomic E-state index is -2.88. The molecule has 7 heteroatoms. The molecule has 0 spiro atoms. The minimum absolute atomic E-state index is 0.167. The maximum atomic E-state index is 10.8. The van der Waals surface area contributed by atoms with E-state index < -0.39 is 9.84 Å². The molecule has 0 amide bonds. The van der Waals surface area contributed by atoms with E-state index in [9.17, 15) is 8.42 Å². The van der Waals surface area contributed by atoms with Gasteiger partial charge in [-0.25, -0.2) is 18.4 Å². The molecule has 1 heterocycles. The molecular weight excluding hydrogens is 216 g/mol. The topological polar surface area (TPSA) is 98.0 Å². The lowest BCUT2D eigenvalue weighted by Crippen LogP contribution is -2.10. The normalized spacial score (nSPS) is 11.3. The molecule has 0 aliphatic rings. The van der Waals surface area contributed by atoms with Crippen molar-refractivity contribution >= 4 is 21.5 Å². The molecule has 0 saturated heterocycles. The molecule has 3 N–H and O–H groups in total. The number of nitrogens with two attached hydrogens (primary N) is 1. The van der Waals surface area contributed by atoms with Crippen LogP contribution in [0.5, 0.6) is 0 Å². The Labute approximate surface area is 88.8 Å². The van der Waals surface area contributed by atoms with E-state index in [2.05, 4.69) is 15.3 Å². The number of nitrogen functional groups attached to an aromatic ring is 1. The molecule has 0 bridgehead atoms. The van der Waals surface area contributed by atoms with Crippen LogP contribution in [-0.2, 0) is 9.84 Å². The second-order valence-electron chi connectivity index (χ2n) is 3.24. The van der Waals surface area contributed by atoms with Gasteiger partial charge in [-0.2, -0.15) is 0 Å². The Morgan fingerprint density at radius 3 is 2.80 bits per heavy atom. The molecule has 6 nitrogen and oxygen atoms in total. The molecular formula is C8H14N4O2S. The molecule has 0 fully saturated rings. The van der Waals surface area contributed by atoms with Gasteiger partial charge in [-0.15, -0.1) is 0 Å². The summed E-state index contributed by atoms with van der Waals surface area (Å²) in [4.78, 5) is 7.66. The van der Waals surface area contributed by atoms with Crippen LogP contribution in [0.15, 0.2) is 12.4 Å². The summed E-state index contributed by atoms with van der Waals surface area (Å²) in [6, 6.07) is 1.60. The third kappa shape index (κ3) is 5.16. The van der Waals surface area contributed by atoms with E-state index in [1.807, 2.05) is 0 Å². The van der Waals surface area contributed by atoms with Gasteiger partial charge in [0.05, 0.1) is 5.75 Å². The first-order chi connectivity index (χ1) is 6.97. The van der Waals surface area contributed by atoms with Gasteiger partial charge in [0.15, 0.2) is 0 Å². The fourth-order valence-corrected chi connectivity index (χ4v) is 1.69. The van der Waals surface area contributed by atoms with Crippen LogP contribution in [0.1, 0.15) is 6.42 Å². The molecule has 0 aliphatic carbocycles. The quantitative estimate of drug-likeness (QED) is 0.686. The molecule has 0 aliphatic heterocycles. The molecule has 1 rings (SSSR count). The first-order valence-electron chi connectivity index (χ1n) is 4.46. The van der Waals surface area contributed by atoms with Crippen LogP contribution in [0.2, 0.25) is 0 Å². The van der Waals surface area contributed by atoms with Crippen molar-refractivity contribution in [3.8, 4) is 0 Å². The SMILES string of the molecule is CS(=O)(=O)CCCNc1cc(N)ncn1. The van der Waals surface area contributed by atoms with Crippen molar-refractivity contribution in [2.45, 2.75) is 6.42 Å². The number of nitrogens with one attached hydrogen (secondary N) is 1. The van der Waals surface area contributed by atoms with E-state index in [4.69, 9.17) is 5.73 Å². The average molecular weight is 230 g/mol.